The van der Waals surface area contributed by atoms with Gasteiger partial charge in [0.1, 0.15) is 18.3 Å². The highest BCUT2D eigenvalue weighted by Gasteiger charge is 2.41. The average Bonchev–Trinajstić information content (AvgIpc) is 2.56. The second kappa shape index (κ2) is 5.77. The molecule has 0 aromatic carbocycles. The van der Waals surface area contributed by atoms with E-state index < -0.39 is 37.1 Å². The molecule has 8 nitrogen and oxygen atoms in total. The Morgan fingerprint density at radius 2 is 2.06 bits per heavy atom. The lowest BCUT2D eigenvalue weighted by Crippen LogP contribution is -2.38. The lowest BCUT2D eigenvalue weighted by molar-refractivity contribution is -0.124. The zero-order valence-electron chi connectivity index (χ0n) is 8.28. The van der Waals surface area contributed by atoms with Gasteiger partial charge in [-0.05, 0) is 0 Å². The van der Waals surface area contributed by atoms with Crippen molar-refractivity contribution in [3.8, 4) is 0 Å². The second-order valence-corrected chi connectivity index (χ2v) is 3.23. The minimum absolute atomic E-state index is 0.419. The number of aliphatic hydroxyl groups is 3. The maximum atomic E-state index is 10.6. The Hall–Kier alpha value is -1.19. The van der Waals surface area contributed by atoms with E-state index in [1.807, 2.05) is 0 Å². The molecule has 16 heavy (non-hydrogen) atoms. The fourth-order valence-electron chi connectivity index (χ4n) is 1.29. The van der Waals surface area contributed by atoms with Gasteiger partial charge in [0, 0.05) is 12.3 Å². The number of rotatable bonds is 4. The van der Waals surface area contributed by atoms with E-state index in [1.165, 1.54) is 5.48 Å². The molecule has 6 N–H and O–H groups in total. The van der Waals surface area contributed by atoms with Crippen LogP contribution in [0.5, 0.6) is 0 Å². The highest BCUT2D eigenvalue weighted by atomic mass is 16.6. The SMILES string of the molecule is O=C(/C=C\N[C@@H]1O[C@H](CO)[C@@H](O)[C@H]1O)NO. The number of ether oxygens (including phenoxy) is 1. The number of carbonyl (C=O) groups excluding carboxylic acids is 1. The predicted octanol–water partition coefficient (Wildman–Crippen LogP) is -2.97. The molecule has 1 heterocycles. The van der Waals surface area contributed by atoms with Crippen LogP contribution in [0.3, 0.4) is 0 Å². The predicted molar refractivity (Wildman–Crippen MR) is 50.0 cm³/mol. The van der Waals surface area contributed by atoms with Crippen molar-refractivity contribution < 1.29 is 30.1 Å². The van der Waals surface area contributed by atoms with Gasteiger partial charge < -0.3 is 25.4 Å². The quantitative estimate of drug-likeness (QED) is 0.174. The summed E-state index contributed by atoms with van der Waals surface area (Å²) in [4.78, 5) is 10.6. The molecule has 1 saturated heterocycles. The van der Waals surface area contributed by atoms with Crippen LogP contribution < -0.4 is 10.8 Å². The third kappa shape index (κ3) is 2.90. The molecule has 0 radical (unpaired) electrons. The van der Waals surface area contributed by atoms with Crippen LogP contribution >= 0.6 is 0 Å². The Bertz CT molecular complexity index is 271. The summed E-state index contributed by atoms with van der Waals surface area (Å²) in [6, 6.07) is 0. The van der Waals surface area contributed by atoms with Gasteiger partial charge in [0.15, 0.2) is 6.23 Å². The Kier molecular flexibility index (Phi) is 4.65. The first-order valence-corrected chi connectivity index (χ1v) is 4.59. The van der Waals surface area contributed by atoms with E-state index in [0.717, 1.165) is 12.3 Å². The van der Waals surface area contributed by atoms with Gasteiger partial charge in [-0.15, -0.1) is 0 Å². The molecule has 92 valence electrons. The van der Waals surface area contributed by atoms with E-state index in [2.05, 4.69) is 5.32 Å². The zero-order chi connectivity index (χ0) is 12.1. The Balaban J connectivity index is 2.44. The molecule has 0 aromatic rings. The fraction of sp³-hybridized carbons (Fsp3) is 0.625. The summed E-state index contributed by atoms with van der Waals surface area (Å²) in [6.45, 7) is -0.419. The number of hydrogen-bond acceptors (Lipinski definition) is 7. The Morgan fingerprint density at radius 3 is 2.56 bits per heavy atom. The molecular formula is C8H14N2O6. The van der Waals surface area contributed by atoms with Crippen molar-refractivity contribution in [3.05, 3.63) is 12.3 Å². The fourth-order valence-corrected chi connectivity index (χ4v) is 1.29. The molecule has 0 bridgehead atoms. The van der Waals surface area contributed by atoms with Crippen molar-refractivity contribution in [2.45, 2.75) is 24.5 Å². The molecule has 0 aromatic heterocycles. The number of carbonyl (C=O) groups is 1. The van der Waals surface area contributed by atoms with Crippen molar-refractivity contribution in [1.82, 2.24) is 10.8 Å². The van der Waals surface area contributed by atoms with E-state index in [1.54, 1.807) is 0 Å². The summed E-state index contributed by atoms with van der Waals surface area (Å²) in [7, 11) is 0. The summed E-state index contributed by atoms with van der Waals surface area (Å²) in [6.07, 6.45) is -2.08. The minimum atomic E-state index is -1.21. The molecule has 1 aliphatic rings. The Labute approximate surface area is 91.1 Å². The lowest BCUT2D eigenvalue weighted by atomic mass is 10.1. The van der Waals surface area contributed by atoms with Crippen LogP contribution in [-0.2, 0) is 9.53 Å². The summed E-state index contributed by atoms with van der Waals surface area (Å²) in [5.41, 5.74) is 1.37. The smallest absolute Gasteiger partial charge is 0.268 e. The summed E-state index contributed by atoms with van der Waals surface area (Å²) >= 11 is 0. The van der Waals surface area contributed by atoms with Crippen molar-refractivity contribution in [1.29, 1.82) is 0 Å². The molecule has 1 fully saturated rings. The number of hydroxylamine groups is 1. The monoisotopic (exact) mass is 234 g/mol. The second-order valence-electron chi connectivity index (χ2n) is 3.23. The molecule has 1 amide bonds. The first-order chi connectivity index (χ1) is 7.60. The van der Waals surface area contributed by atoms with Gasteiger partial charge in [-0.2, -0.15) is 0 Å². The molecule has 1 aliphatic heterocycles. The van der Waals surface area contributed by atoms with E-state index in [0.29, 0.717) is 0 Å². The topological polar surface area (TPSA) is 131 Å². The normalized spacial score (nSPS) is 34.2. The van der Waals surface area contributed by atoms with Crippen LogP contribution in [0.25, 0.3) is 0 Å². The van der Waals surface area contributed by atoms with Gasteiger partial charge in [0.25, 0.3) is 5.91 Å². The van der Waals surface area contributed by atoms with Crippen molar-refractivity contribution in [3.63, 3.8) is 0 Å². The third-order valence-electron chi connectivity index (χ3n) is 2.15. The summed E-state index contributed by atoms with van der Waals surface area (Å²) in [5, 5.41) is 38.3. The van der Waals surface area contributed by atoms with E-state index in [4.69, 9.17) is 15.1 Å². The molecule has 4 atom stereocenters. The van der Waals surface area contributed by atoms with E-state index in [-0.39, 0.29) is 0 Å². The maximum absolute atomic E-state index is 10.6. The minimum Gasteiger partial charge on any atom is -0.394 e. The zero-order valence-corrected chi connectivity index (χ0v) is 8.28. The number of hydrogen-bond donors (Lipinski definition) is 6. The largest absolute Gasteiger partial charge is 0.394 e. The first-order valence-electron chi connectivity index (χ1n) is 4.59. The van der Waals surface area contributed by atoms with Gasteiger partial charge in [0.05, 0.1) is 6.61 Å². The first kappa shape index (κ1) is 12.9. The van der Waals surface area contributed by atoms with Crippen LogP contribution in [0, 0.1) is 0 Å². The molecule has 0 spiro atoms. The lowest BCUT2D eigenvalue weighted by Gasteiger charge is -2.14. The van der Waals surface area contributed by atoms with Crippen molar-refractivity contribution >= 4 is 5.91 Å². The van der Waals surface area contributed by atoms with Crippen LogP contribution in [-0.4, -0.2) is 57.6 Å². The summed E-state index contributed by atoms with van der Waals surface area (Å²) < 4.78 is 5.04. The highest BCUT2D eigenvalue weighted by molar-refractivity contribution is 5.86. The molecule has 0 unspecified atom stereocenters. The molecule has 8 heteroatoms. The standard InChI is InChI=1S/C8H14N2O6/c11-3-4-6(13)7(14)8(16-4)9-2-1-5(12)10-15/h1-2,4,6-9,11,13-15H,3H2,(H,10,12)/b2-1-/t4-,6-,7-,8-/m1/s1. The molecule has 0 saturated carbocycles. The number of nitrogens with one attached hydrogen (secondary N) is 2. The van der Waals surface area contributed by atoms with Gasteiger partial charge >= 0.3 is 0 Å². The van der Waals surface area contributed by atoms with Gasteiger partial charge in [-0.1, -0.05) is 0 Å². The van der Waals surface area contributed by atoms with Gasteiger partial charge in [0.2, 0.25) is 0 Å². The van der Waals surface area contributed by atoms with Crippen LogP contribution in [0.4, 0.5) is 0 Å². The van der Waals surface area contributed by atoms with E-state index in [9.17, 15) is 15.0 Å². The van der Waals surface area contributed by atoms with Crippen LogP contribution in [0.2, 0.25) is 0 Å². The van der Waals surface area contributed by atoms with Crippen molar-refractivity contribution in [2.24, 2.45) is 0 Å². The summed E-state index contributed by atoms with van der Waals surface area (Å²) in [5.74, 6) is -0.751. The third-order valence-corrected chi connectivity index (χ3v) is 2.15. The number of aliphatic hydroxyl groups excluding tert-OH is 3. The average molecular weight is 234 g/mol. The number of amides is 1. The molecular weight excluding hydrogens is 220 g/mol. The van der Waals surface area contributed by atoms with E-state index >= 15 is 0 Å². The van der Waals surface area contributed by atoms with Crippen molar-refractivity contribution in [2.75, 3.05) is 6.61 Å². The Morgan fingerprint density at radius 1 is 1.38 bits per heavy atom. The van der Waals surface area contributed by atoms with Gasteiger partial charge in [-0.25, -0.2) is 5.48 Å². The van der Waals surface area contributed by atoms with Gasteiger partial charge in [-0.3, -0.25) is 10.0 Å². The molecule has 1 rings (SSSR count). The van der Waals surface area contributed by atoms with Crippen LogP contribution in [0.1, 0.15) is 0 Å². The maximum Gasteiger partial charge on any atom is 0.268 e. The highest BCUT2D eigenvalue weighted by Crippen LogP contribution is 2.18. The van der Waals surface area contributed by atoms with Crippen LogP contribution in [0.15, 0.2) is 12.3 Å². The molecule has 0 aliphatic carbocycles.